The molecule has 2 saturated heterocycles. The van der Waals surface area contributed by atoms with Crippen LogP contribution in [0.3, 0.4) is 0 Å². The zero-order valence-electron chi connectivity index (χ0n) is 26.1. The fourth-order valence-electron chi connectivity index (χ4n) is 6.86. The van der Waals surface area contributed by atoms with Crippen LogP contribution in [-0.2, 0) is 43.3 Å². The van der Waals surface area contributed by atoms with Gasteiger partial charge in [0.25, 0.3) is 5.91 Å². The number of carbonyl (C=O) groups excluding carboxylic acids is 4. The number of hydrogen-bond acceptors (Lipinski definition) is 7. The third-order valence-corrected chi connectivity index (χ3v) is 9.94. The van der Waals surface area contributed by atoms with Gasteiger partial charge in [-0.05, 0) is 66.3 Å². The standard InChI is InChI=1S/C35H37Cl2N5O5/c1-47-31(43)21-41-22-42(28-8-4-7-27(37)19-28)35(34(41)46)13-15-40(16-14-35)33(45)30(17-23-9-11-26(36)12-10-23)39-32(44)29-18-24-5-2-3-6-25(24)20-38-29/h2-12,19,29-30,38H,13-18,20-22H2,1H3,(H,39,44)/t29?,30-/m1/s1. The van der Waals surface area contributed by atoms with Crippen molar-refractivity contribution in [3.05, 3.63) is 99.5 Å². The average molecular weight is 679 g/mol. The Morgan fingerprint density at radius 2 is 1.70 bits per heavy atom. The van der Waals surface area contributed by atoms with Crippen LogP contribution >= 0.6 is 23.2 Å². The average Bonchev–Trinajstić information content (AvgIpc) is 3.34. The Kier molecular flexibility index (Phi) is 9.72. The molecule has 3 aliphatic heterocycles. The number of rotatable bonds is 8. The maximum Gasteiger partial charge on any atom is 0.325 e. The highest BCUT2D eigenvalue weighted by Gasteiger charge is 2.54. The Morgan fingerprint density at radius 1 is 0.979 bits per heavy atom. The normalized spacial score (nSPS) is 19.3. The van der Waals surface area contributed by atoms with Crippen molar-refractivity contribution in [2.75, 3.05) is 38.3 Å². The summed E-state index contributed by atoms with van der Waals surface area (Å²) in [5.74, 6) is -1.15. The second kappa shape index (κ2) is 13.9. The number of piperidine rings is 1. The van der Waals surface area contributed by atoms with Crippen molar-refractivity contribution in [3.63, 3.8) is 0 Å². The van der Waals surface area contributed by atoms with Crippen molar-refractivity contribution in [1.82, 2.24) is 20.4 Å². The molecule has 2 fully saturated rings. The zero-order chi connectivity index (χ0) is 33.1. The largest absolute Gasteiger partial charge is 0.468 e. The molecule has 246 valence electrons. The summed E-state index contributed by atoms with van der Waals surface area (Å²) in [6, 6.07) is 21.2. The van der Waals surface area contributed by atoms with Crippen LogP contribution in [0.1, 0.15) is 29.5 Å². The maximum atomic E-state index is 14.2. The monoisotopic (exact) mass is 677 g/mol. The number of ether oxygens (including phenoxy) is 1. The molecule has 3 aromatic rings. The van der Waals surface area contributed by atoms with Crippen molar-refractivity contribution >= 4 is 52.6 Å². The molecule has 0 radical (unpaired) electrons. The molecule has 0 aromatic heterocycles. The summed E-state index contributed by atoms with van der Waals surface area (Å²) in [7, 11) is 1.29. The van der Waals surface area contributed by atoms with Gasteiger partial charge in [0.15, 0.2) is 0 Å². The van der Waals surface area contributed by atoms with Gasteiger partial charge in [-0.3, -0.25) is 19.2 Å². The third kappa shape index (κ3) is 6.95. The summed E-state index contributed by atoms with van der Waals surface area (Å²) in [6.07, 6.45) is 1.49. The van der Waals surface area contributed by atoms with Gasteiger partial charge in [0, 0.05) is 41.8 Å². The lowest BCUT2D eigenvalue weighted by molar-refractivity contribution is -0.147. The van der Waals surface area contributed by atoms with E-state index in [1.54, 1.807) is 29.2 Å². The highest BCUT2D eigenvalue weighted by Crippen LogP contribution is 2.40. The summed E-state index contributed by atoms with van der Waals surface area (Å²) >= 11 is 12.4. The van der Waals surface area contributed by atoms with Crippen LogP contribution in [0.15, 0.2) is 72.8 Å². The van der Waals surface area contributed by atoms with Crippen LogP contribution in [0.2, 0.25) is 10.0 Å². The van der Waals surface area contributed by atoms with Gasteiger partial charge in [0.1, 0.15) is 18.1 Å². The molecule has 10 nitrogen and oxygen atoms in total. The summed E-state index contributed by atoms with van der Waals surface area (Å²) in [5, 5.41) is 7.47. The molecule has 47 heavy (non-hydrogen) atoms. The van der Waals surface area contributed by atoms with Crippen molar-refractivity contribution in [3.8, 4) is 0 Å². The van der Waals surface area contributed by atoms with E-state index >= 15 is 0 Å². The second-order valence-corrected chi connectivity index (χ2v) is 13.2. The predicted molar refractivity (Wildman–Crippen MR) is 179 cm³/mol. The van der Waals surface area contributed by atoms with Crippen LogP contribution in [0.25, 0.3) is 0 Å². The van der Waals surface area contributed by atoms with Crippen LogP contribution in [0, 0.1) is 0 Å². The SMILES string of the molecule is COC(=O)CN1CN(c2cccc(Cl)c2)C2(CCN(C(=O)[C@@H](Cc3ccc(Cl)cc3)NC(=O)C3Cc4ccccc4CN3)CC2)C1=O. The Morgan fingerprint density at radius 3 is 2.40 bits per heavy atom. The molecular formula is C35H37Cl2N5O5. The summed E-state index contributed by atoms with van der Waals surface area (Å²) < 4.78 is 4.85. The molecule has 3 heterocycles. The summed E-state index contributed by atoms with van der Waals surface area (Å²) in [5.41, 5.74) is 2.92. The first-order valence-electron chi connectivity index (χ1n) is 15.7. The third-order valence-electron chi connectivity index (χ3n) is 9.45. The van der Waals surface area contributed by atoms with Crippen molar-refractivity contribution < 1.29 is 23.9 Å². The molecule has 0 aliphatic carbocycles. The number of fused-ring (bicyclic) bond motifs is 1. The maximum absolute atomic E-state index is 14.2. The van der Waals surface area contributed by atoms with E-state index in [4.69, 9.17) is 27.9 Å². The molecular weight excluding hydrogens is 641 g/mol. The van der Waals surface area contributed by atoms with Gasteiger partial charge >= 0.3 is 5.97 Å². The lowest BCUT2D eigenvalue weighted by Gasteiger charge is -2.44. The lowest BCUT2D eigenvalue weighted by atomic mass is 9.85. The molecule has 2 atom stereocenters. The van der Waals surface area contributed by atoms with E-state index in [1.807, 2.05) is 53.4 Å². The van der Waals surface area contributed by atoms with Crippen molar-refractivity contribution in [1.29, 1.82) is 0 Å². The zero-order valence-corrected chi connectivity index (χ0v) is 27.6. The van der Waals surface area contributed by atoms with Crippen LogP contribution in [-0.4, -0.2) is 84.5 Å². The molecule has 2 N–H and O–H groups in total. The topological polar surface area (TPSA) is 111 Å². The van der Waals surface area contributed by atoms with E-state index in [0.29, 0.717) is 35.9 Å². The number of anilines is 1. The van der Waals surface area contributed by atoms with Gasteiger partial charge < -0.3 is 30.1 Å². The number of benzene rings is 3. The fourth-order valence-corrected chi connectivity index (χ4v) is 7.18. The first-order chi connectivity index (χ1) is 22.7. The van der Waals surface area contributed by atoms with Crippen LogP contribution in [0.5, 0.6) is 0 Å². The number of nitrogens with zero attached hydrogens (tertiary/aromatic N) is 3. The quantitative estimate of drug-likeness (QED) is 0.351. The minimum Gasteiger partial charge on any atom is -0.468 e. The molecule has 0 saturated carbocycles. The number of hydrogen-bond donors (Lipinski definition) is 2. The Hall–Kier alpha value is -4.12. The predicted octanol–water partition coefficient (Wildman–Crippen LogP) is 3.58. The van der Waals surface area contributed by atoms with E-state index in [9.17, 15) is 19.2 Å². The molecule has 12 heteroatoms. The van der Waals surface area contributed by atoms with Crippen molar-refractivity contribution in [2.45, 2.75) is 49.9 Å². The molecule has 3 aromatic carbocycles. The van der Waals surface area contributed by atoms with Crippen LogP contribution < -0.4 is 15.5 Å². The second-order valence-electron chi connectivity index (χ2n) is 12.3. The first-order valence-corrected chi connectivity index (χ1v) is 16.5. The van der Waals surface area contributed by atoms with E-state index in [0.717, 1.165) is 22.4 Å². The van der Waals surface area contributed by atoms with Gasteiger partial charge in [0.05, 0.1) is 19.8 Å². The Labute approximate surface area is 283 Å². The molecule has 0 bridgehead atoms. The minimum atomic E-state index is -0.968. The molecule has 1 unspecified atom stereocenters. The molecule has 3 amide bonds. The lowest BCUT2D eigenvalue weighted by Crippen LogP contribution is -2.60. The highest BCUT2D eigenvalue weighted by atomic mass is 35.5. The Bertz CT molecular complexity index is 1660. The number of amides is 3. The summed E-state index contributed by atoms with van der Waals surface area (Å²) in [4.78, 5) is 59.1. The molecule has 1 spiro atoms. The summed E-state index contributed by atoms with van der Waals surface area (Å²) in [6.45, 7) is 1.16. The van der Waals surface area contributed by atoms with E-state index in [1.165, 1.54) is 12.0 Å². The number of esters is 1. The minimum absolute atomic E-state index is 0.175. The Balaban J connectivity index is 1.21. The molecule has 6 rings (SSSR count). The van der Waals surface area contributed by atoms with Gasteiger partial charge in [0.2, 0.25) is 11.8 Å². The highest BCUT2D eigenvalue weighted by molar-refractivity contribution is 6.31. The smallest absolute Gasteiger partial charge is 0.325 e. The number of carbonyl (C=O) groups is 4. The number of halogens is 2. The molecule has 3 aliphatic rings. The number of methoxy groups -OCH3 is 1. The fraction of sp³-hybridized carbons (Fsp3) is 0.371. The first kappa shape index (κ1) is 32.8. The number of nitrogens with one attached hydrogen (secondary N) is 2. The van der Waals surface area contributed by atoms with Gasteiger partial charge in [-0.25, -0.2) is 0 Å². The van der Waals surface area contributed by atoms with E-state index in [2.05, 4.69) is 10.6 Å². The van der Waals surface area contributed by atoms with E-state index in [-0.39, 0.29) is 50.4 Å². The van der Waals surface area contributed by atoms with Gasteiger partial charge in [-0.15, -0.1) is 0 Å². The van der Waals surface area contributed by atoms with Gasteiger partial charge in [-0.2, -0.15) is 0 Å². The van der Waals surface area contributed by atoms with Crippen LogP contribution in [0.4, 0.5) is 5.69 Å². The van der Waals surface area contributed by atoms with E-state index < -0.39 is 23.6 Å². The number of likely N-dealkylation sites (tertiary alicyclic amines) is 1. The van der Waals surface area contributed by atoms with Gasteiger partial charge in [-0.1, -0.05) is 65.7 Å². The van der Waals surface area contributed by atoms with Crippen molar-refractivity contribution in [2.24, 2.45) is 0 Å².